The maximum Gasteiger partial charge on any atom is 0.270 e. The van der Waals surface area contributed by atoms with Crippen LogP contribution in [0.1, 0.15) is 135 Å². The second kappa shape index (κ2) is 47.3. The normalized spacial score (nSPS) is 14.2. The van der Waals surface area contributed by atoms with Crippen LogP contribution in [0.15, 0.2) is 290 Å². The van der Waals surface area contributed by atoms with Crippen LogP contribution in [0.5, 0.6) is 0 Å². The Kier molecular flexibility index (Phi) is 35.7. The lowest BCUT2D eigenvalue weighted by Gasteiger charge is -2.27. The Morgan fingerprint density at radius 2 is 0.519 bits per heavy atom. The lowest BCUT2D eigenvalue weighted by molar-refractivity contribution is -0.129. The van der Waals surface area contributed by atoms with Gasteiger partial charge in [-0.3, -0.25) is 38.4 Å². The van der Waals surface area contributed by atoms with Crippen molar-refractivity contribution in [3.8, 4) is 0 Å². The highest BCUT2D eigenvalue weighted by molar-refractivity contribution is 6.07. The number of hydrogen-bond acceptors (Lipinski definition) is 9. The minimum absolute atomic E-state index is 0.0303. The number of allylic oxidation sites excluding steroid dienone is 2. The summed E-state index contributed by atoms with van der Waals surface area (Å²) in [5, 5.41) is 11.1. The first kappa shape index (κ1) is 81.5. The molecule has 0 spiro atoms. The van der Waals surface area contributed by atoms with Gasteiger partial charge in [0, 0.05) is 63.3 Å². The second-order valence-corrected chi connectivity index (χ2v) is 26.1. The van der Waals surface area contributed by atoms with E-state index >= 15 is 0 Å². The smallest absolute Gasteiger partial charge is 0.270 e. The molecule has 15 nitrogen and oxygen atoms in total. The fourth-order valence-electron chi connectivity index (χ4n) is 11.8. The summed E-state index contributed by atoms with van der Waals surface area (Å²) in [7, 11) is 0. The molecule has 3 aliphatic heterocycles. The van der Waals surface area contributed by atoms with Crippen LogP contribution in [0.4, 0.5) is 0 Å². The van der Waals surface area contributed by atoms with Crippen molar-refractivity contribution in [2.75, 3.05) is 45.8 Å². The maximum atomic E-state index is 12.9. The Labute approximate surface area is 637 Å². The number of amides is 6. The molecule has 15 heteroatoms. The third kappa shape index (κ3) is 31.2. The predicted molar refractivity (Wildman–Crippen MR) is 437 cm³/mol. The highest BCUT2D eigenvalue weighted by Gasteiger charge is 2.24. The van der Waals surface area contributed by atoms with Gasteiger partial charge in [0.2, 0.25) is 23.6 Å². The molecule has 3 aliphatic rings. The molecule has 3 heterocycles. The van der Waals surface area contributed by atoms with E-state index in [1.807, 2.05) is 254 Å². The van der Waals surface area contributed by atoms with E-state index in [9.17, 15) is 38.4 Å². The van der Waals surface area contributed by atoms with E-state index in [0.717, 1.165) is 142 Å². The highest BCUT2D eigenvalue weighted by atomic mass is 16.2. The van der Waals surface area contributed by atoms with Crippen LogP contribution < -0.4 is 21.3 Å². The minimum Gasteiger partial charge on any atom is -0.337 e. The van der Waals surface area contributed by atoms with Crippen molar-refractivity contribution >= 4 is 95.6 Å². The van der Waals surface area contributed by atoms with E-state index in [1.165, 1.54) is 43.6 Å². The van der Waals surface area contributed by atoms with Gasteiger partial charge in [0.1, 0.15) is 11.4 Å². The number of benzene rings is 8. The fraction of sp³-hybridized carbons (Fsp3) is 0.226. The molecule has 3 fully saturated rings. The van der Waals surface area contributed by atoms with Crippen molar-refractivity contribution in [3.63, 3.8) is 0 Å². The summed E-state index contributed by atoms with van der Waals surface area (Å²) < 4.78 is 0. The number of ketones is 2. The lowest BCUT2D eigenvalue weighted by atomic mass is 10.1. The number of likely N-dealkylation sites (tertiary alicyclic amines) is 3. The molecule has 11 rings (SSSR count). The zero-order valence-corrected chi connectivity index (χ0v) is 61.8. The van der Waals surface area contributed by atoms with Crippen LogP contribution in [0.2, 0.25) is 0 Å². The average Bonchev–Trinajstić information content (AvgIpc) is 1.32. The lowest BCUT2D eigenvalue weighted by Crippen LogP contribution is -2.40. The van der Waals surface area contributed by atoms with Crippen LogP contribution in [0.25, 0.3) is 48.6 Å². The quantitative estimate of drug-likeness (QED) is 0.0362. The molecule has 554 valence electrons. The van der Waals surface area contributed by atoms with E-state index < -0.39 is 0 Å². The molecule has 108 heavy (non-hydrogen) atoms. The molecule has 3 saturated heterocycles. The summed E-state index contributed by atoms with van der Waals surface area (Å²) in [5.74, 6) is -1.58. The molecule has 8 aromatic rings. The molecular formula is C93H99N7O8. The largest absolute Gasteiger partial charge is 0.337 e. The first-order valence-corrected chi connectivity index (χ1v) is 37.4. The van der Waals surface area contributed by atoms with Gasteiger partial charge in [-0.2, -0.15) is 0 Å². The SMILES string of the molecule is CCCCC(=O)/C(=C/c1ccccc1)NC(=O)/C=C/c1ccccc1.O=C(/C=C/c1ccccc1)N/C(=C\c1ccccc1)C(=O)CCCN1CCCCC1.O=C(/C=C/c1ccccc1)N/C(=C\c1ccccc1)C(=O)N1CCCC1.O=C(/C=C/c1ccccc1)N/C(=C\c1ccccc1)C(=O)N1CCCCC1. The fourth-order valence-corrected chi connectivity index (χ4v) is 11.8. The number of Topliss-reactive ketones (excluding diaryl/α,β-unsaturated/α-hetero) is 2. The second-order valence-electron chi connectivity index (χ2n) is 26.1. The summed E-state index contributed by atoms with van der Waals surface area (Å²) in [6.45, 7) is 8.17. The Morgan fingerprint density at radius 3 is 0.796 bits per heavy atom. The number of unbranched alkanes of at least 4 members (excludes halogenated alkanes) is 1. The molecule has 0 radical (unpaired) electrons. The van der Waals surface area contributed by atoms with Gasteiger partial charge in [0.05, 0.1) is 11.4 Å². The Balaban J connectivity index is 0.000000182. The summed E-state index contributed by atoms with van der Waals surface area (Å²) in [6, 6.07) is 76.6. The van der Waals surface area contributed by atoms with Crippen molar-refractivity contribution in [3.05, 3.63) is 334 Å². The van der Waals surface area contributed by atoms with Gasteiger partial charge >= 0.3 is 0 Å². The maximum absolute atomic E-state index is 12.9. The van der Waals surface area contributed by atoms with Gasteiger partial charge in [0.15, 0.2) is 11.6 Å². The van der Waals surface area contributed by atoms with Gasteiger partial charge in [-0.25, -0.2) is 0 Å². The van der Waals surface area contributed by atoms with E-state index in [1.54, 1.807) is 53.5 Å². The van der Waals surface area contributed by atoms with Crippen molar-refractivity contribution < 1.29 is 38.4 Å². The number of piperidine rings is 2. The van der Waals surface area contributed by atoms with Crippen LogP contribution in [0.3, 0.4) is 0 Å². The highest BCUT2D eigenvalue weighted by Crippen LogP contribution is 2.19. The minimum atomic E-state index is -0.316. The predicted octanol–water partition coefficient (Wildman–Crippen LogP) is 16.7. The molecule has 4 N–H and O–H groups in total. The van der Waals surface area contributed by atoms with Crippen LogP contribution in [0, 0.1) is 0 Å². The standard InChI is InChI=1S/C26H30N2O2.C23H24N2O2.C22H22N2O2.C22H23NO2/c29-25(15-10-20-28-18-8-3-9-19-28)24(21-23-13-6-2-7-14-23)27-26(30)17-16-22-11-4-1-5-12-22;26-22(15-14-19-10-4-1-5-11-19)24-21(18-20-12-6-2-7-13-20)23(27)25-16-8-3-9-17-25;25-21(14-13-18-9-3-1-4-10-18)23-20(17-19-11-5-2-6-12-19)22(26)24-15-7-8-16-24;1-2-3-14-21(24)20(17-19-12-8-5-9-13-19)23-22(25)16-15-18-10-6-4-7-11-18/h1-2,4-7,11-14,16-17,21H,3,8-10,15,18-20H2,(H,27,30);1-2,4-7,10-15,18H,3,8-9,16-17H2,(H,24,26);1-6,9-14,17H,7-8,15-16H2,(H,23,25);4-13,15-17H,2-3,14H2,1H3,(H,23,25)/b17-16+,24-21-;15-14+,21-18-;14-13+,20-17-;16-15+,20-17-. The van der Waals surface area contributed by atoms with E-state index in [2.05, 4.69) is 26.2 Å². The zero-order chi connectivity index (χ0) is 76.0. The summed E-state index contributed by atoms with van der Waals surface area (Å²) >= 11 is 0. The van der Waals surface area contributed by atoms with E-state index in [-0.39, 0.29) is 47.0 Å². The Morgan fingerprint density at radius 1 is 0.287 bits per heavy atom. The van der Waals surface area contributed by atoms with E-state index in [0.29, 0.717) is 35.6 Å². The number of carbonyl (C=O) groups is 8. The third-order valence-electron chi connectivity index (χ3n) is 17.6. The number of nitrogens with one attached hydrogen (secondary N) is 4. The first-order chi connectivity index (χ1) is 52.8. The number of hydrogen-bond donors (Lipinski definition) is 4. The van der Waals surface area contributed by atoms with Crippen LogP contribution in [-0.2, 0) is 38.4 Å². The molecule has 0 unspecified atom stereocenters. The van der Waals surface area contributed by atoms with Crippen molar-refractivity contribution in [1.29, 1.82) is 0 Å². The van der Waals surface area contributed by atoms with Crippen molar-refractivity contribution in [2.45, 2.75) is 90.4 Å². The van der Waals surface area contributed by atoms with Crippen molar-refractivity contribution in [1.82, 2.24) is 36.0 Å². The zero-order valence-electron chi connectivity index (χ0n) is 61.8. The molecule has 8 aromatic carbocycles. The molecule has 0 aromatic heterocycles. The van der Waals surface area contributed by atoms with Gasteiger partial charge in [-0.15, -0.1) is 0 Å². The molecule has 0 atom stereocenters. The number of nitrogens with zero attached hydrogens (tertiary/aromatic N) is 3. The molecule has 0 aliphatic carbocycles. The number of rotatable bonds is 27. The van der Waals surface area contributed by atoms with Gasteiger partial charge < -0.3 is 36.0 Å². The van der Waals surface area contributed by atoms with E-state index in [4.69, 9.17) is 0 Å². The van der Waals surface area contributed by atoms with Gasteiger partial charge in [-0.1, -0.05) is 262 Å². The summed E-state index contributed by atoms with van der Waals surface area (Å²) in [6.07, 6.45) is 32.1. The van der Waals surface area contributed by atoms with Crippen LogP contribution >= 0.6 is 0 Å². The molecule has 6 amide bonds. The third-order valence-corrected chi connectivity index (χ3v) is 17.6. The summed E-state index contributed by atoms with van der Waals surface area (Å²) in [4.78, 5) is 106. The molecule has 0 bridgehead atoms. The first-order valence-electron chi connectivity index (χ1n) is 37.4. The van der Waals surface area contributed by atoms with Crippen LogP contribution in [-0.4, -0.2) is 108 Å². The Bertz CT molecular complexity index is 4370. The van der Waals surface area contributed by atoms with Gasteiger partial charge in [0.25, 0.3) is 11.8 Å². The average molecular weight is 1440 g/mol. The molecule has 0 saturated carbocycles. The molecular weight excluding hydrogens is 1340 g/mol. The Hall–Kier alpha value is -12.2. The van der Waals surface area contributed by atoms with Gasteiger partial charge in [-0.05, 0) is 171 Å². The monoisotopic (exact) mass is 1440 g/mol. The topological polar surface area (TPSA) is 194 Å². The van der Waals surface area contributed by atoms with Crippen molar-refractivity contribution in [2.24, 2.45) is 0 Å². The summed E-state index contributed by atoms with van der Waals surface area (Å²) in [5.41, 5.74) is 8.58. The number of carbonyl (C=O) groups excluding carboxylic acids is 8.